The zero-order chi connectivity index (χ0) is 13.9. The SMILES string of the molecule is CCOCCNC(=NC)NCc1ccccc1OC.I. The van der Waals surface area contributed by atoms with E-state index in [0.717, 1.165) is 30.4 Å². The van der Waals surface area contributed by atoms with E-state index in [-0.39, 0.29) is 24.0 Å². The number of hydrogen-bond acceptors (Lipinski definition) is 3. The van der Waals surface area contributed by atoms with Crippen molar-refractivity contribution in [2.75, 3.05) is 33.9 Å². The Balaban J connectivity index is 0.00000361. The number of ether oxygens (including phenoxy) is 2. The first-order valence-electron chi connectivity index (χ1n) is 6.46. The van der Waals surface area contributed by atoms with Crippen molar-refractivity contribution < 1.29 is 9.47 Å². The van der Waals surface area contributed by atoms with Crippen molar-refractivity contribution in [2.24, 2.45) is 4.99 Å². The van der Waals surface area contributed by atoms with Crippen LogP contribution in [-0.2, 0) is 11.3 Å². The lowest BCUT2D eigenvalue weighted by atomic mass is 10.2. The van der Waals surface area contributed by atoms with Gasteiger partial charge < -0.3 is 20.1 Å². The summed E-state index contributed by atoms with van der Waals surface area (Å²) >= 11 is 0. The number of guanidine groups is 1. The Morgan fingerprint density at radius 3 is 2.65 bits per heavy atom. The molecule has 20 heavy (non-hydrogen) atoms. The minimum atomic E-state index is 0. The summed E-state index contributed by atoms with van der Waals surface area (Å²) in [6, 6.07) is 7.92. The number of hydrogen-bond donors (Lipinski definition) is 2. The second kappa shape index (κ2) is 11.8. The van der Waals surface area contributed by atoms with Crippen LogP contribution in [0.4, 0.5) is 0 Å². The molecule has 1 rings (SSSR count). The molecule has 0 aliphatic heterocycles. The van der Waals surface area contributed by atoms with Crippen molar-refractivity contribution >= 4 is 29.9 Å². The third kappa shape index (κ3) is 6.95. The molecule has 0 radical (unpaired) electrons. The molecule has 0 saturated carbocycles. The second-order valence-corrected chi connectivity index (χ2v) is 3.86. The lowest BCUT2D eigenvalue weighted by molar-refractivity contribution is 0.152. The Kier molecular flexibility index (Phi) is 11.2. The summed E-state index contributed by atoms with van der Waals surface area (Å²) in [6.45, 7) is 4.79. The van der Waals surface area contributed by atoms with Gasteiger partial charge in [0, 0.05) is 32.3 Å². The second-order valence-electron chi connectivity index (χ2n) is 3.86. The average Bonchev–Trinajstić information content (AvgIpc) is 2.47. The van der Waals surface area contributed by atoms with Gasteiger partial charge in [0.05, 0.1) is 13.7 Å². The Morgan fingerprint density at radius 2 is 2.00 bits per heavy atom. The van der Waals surface area contributed by atoms with Crippen LogP contribution in [0, 0.1) is 0 Å². The zero-order valence-corrected chi connectivity index (χ0v) is 14.6. The molecule has 0 bridgehead atoms. The third-order valence-corrected chi connectivity index (χ3v) is 2.61. The molecule has 1 aromatic carbocycles. The van der Waals surface area contributed by atoms with Gasteiger partial charge in [-0.25, -0.2) is 0 Å². The summed E-state index contributed by atoms with van der Waals surface area (Å²) in [4.78, 5) is 4.15. The van der Waals surface area contributed by atoms with E-state index in [4.69, 9.17) is 9.47 Å². The number of para-hydroxylation sites is 1. The van der Waals surface area contributed by atoms with Gasteiger partial charge >= 0.3 is 0 Å². The normalized spacial score (nSPS) is 10.7. The highest BCUT2D eigenvalue weighted by molar-refractivity contribution is 14.0. The molecule has 0 aliphatic carbocycles. The van der Waals surface area contributed by atoms with Gasteiger partial charge in [0.1, 0.15) is 5.75 Å². The molecule has 0 atom stereocenters. The third-order valence-electron chi connectivity index (χ3n) is 2.61. The van der Waals surface area contributed by atoms with Crippen LogP contribution in [-0.4, -0.2) is 39.9 Å². The van der Waals surface area contributed by atoms with Crippen LogP contribution in [0.15, 0.2) is 29.3 Å². The molecule has 6 heteroatoms. The van der Waals surface area contributed by atoms with E-state index in [1.165, 1.54) is 0 Å². The summed E-state index contributed by atoms with van der Waals surface area (Å²) in [7, 11) is 3.42. The van der Waals surface area contributed by atoms with E-state index in [9.17, 15) is 0 Å². The zero-order valence-electron chi connectivity index (χ0n) is 12.3. The van der Waals surface area contributed by atoms with E-state index >= 15 is 0 Å². The molecule has 0 fully saturated rings. The van der Waals surface area contributed by atoms with Gasteiger partial charge in [0.2, 0.25) is 0 Å². The summed E-state index contributed by atoms with van der Waals surface area (Å²) in [6.07, 6.45) is 0. The summed E-state index contributed by atoms with van der Waals surface area (Å²) in [5.74, 6) is 1.63. The standard InChI is InChI=1S/C14H23N3O2.HI/c1-4-19-10-9-16-14(15-2)17-11-12-7-5-6-8-13(12)18-3;/h5-8H,4,9-11H2,1-3H3,(H2,15,16,17);1H. The monoisotopic (exact) mass is 393 g/mol. The molecule has 0 spiro atoms. The molecule has 0 unspecified atom stereocenters. The van der Waals surface area contributed by atoms with Gasteiger partial charge in [-0.05, 0) is 13.0 Å². The largest absolute Gasteiger partial charge is 0.496 e. The van der Waals surface area contributed by atoms with Gasteiger partial charge in [-0.1, -0.05) is 18.2 Å². The van der Waals surface area contributed by atoms with Crippen molar-refractivity contribution in [1.29, 1.82) is 0 Å². The summed E-state index contributed by atoms with van der Waals surface area (Å²) in [5.41, 5.74) is 1.10. The first-order chi connectivity index (χ1) is 9.31. The number of nitrogens with zero attached hydrogens (tertiary/aromatic N) is 1. The molecular formula is C14H24IN3O2. The molecule has 0 aromatic heterocycles. The Morgan fingerprint density at radius 1 is 1.25 bits per heavy atom. The summed E-state index contributed by atoms with van der Waals surface area (Å²) < 4.78 is 10.6. The molecule has 1 aromatic rings. The molecule has 0 amide bonds. The van der Waals surface area contributed by atoms with Crippen LogP contribution >= 0.6 is 24.0 Å². The Labute approximate surface area is 138 Å². The van der Waals surface area contributed by atoms with Gasteiger partial charge in [-0.15, -0.1) is 24.0 Å². The van der Waals surface area contributed by atoms with Crippen LogP contribution in [0.2, 0.25) is 0 Å². The number of halogens is 1. The van der Waals surface area contributed by atoms with E-state index in [1.54, 1.807) is 14.2 Å². The van der Waals surface area contributed by atoms with Crippen LogP contribution in [0.5, 0.6) is 5.75 Å². The molecule has 114 valence electrons. The Bertz CT molecular complexity index is 400. The van der Waals surface area contributed by atoms with Gasteiger partial charge in [-0.2, -0.15) is 0 Å². The number of benzene rings is 1. The topological polar surface area (TPSA) is 54.9 Å². The van der Waals surface area contributed by atoms with Crippen LogP contribution in [0.25, 0.3) is 0 Å². The maximum atomic E-state index is 5.30. The molecule has 0 heterocycles. The maximum absolute atomic E-state index is 5.30. The van der Waals surface area contributed by atoms with Crippen molar-refractivity contribution in [3.8, 4) is 5.75 Å². The van der Waals surface area contributed by atoms with E-state index < -0.39 is 0 Å². The smallest absolute Gasteiger partial charge is 0.191 e. The fourth-order valence-corrected chi connectivity index (χ4v) is 1.63. The fraction of sp³-hybridized carbons (Fsp3) is 0.500. The van der Waals surface area contributed by atoms with Crippen LogP contribution in [0.3, 0.4) is 0 Å². The van der Waals surface area contributed by atoms with Gasteiger partial charge in [-0.3, -0.25) is 4.99 Å². The lowest BCUT2D eigenvalue weighted by Crippen LogP contribution is -2.38. The predicted molar refractivity (Wildman–Crippen MR) is 93.1 cm³/mol. The van der Waals surface area contributed by atoms with Gasteiger partial charge in [0.15, 0.2) is 5.96 Å². The number of nitrogens with one attached hydrogen (secondary N) is 2. The van der Waals surface area contributed by atoms with Crippen LogP contribution < -0.4 is 15.4 Å². The number of aliphatic imine (C=N–C) groups is 1. The summed E-state index contributed by atoms with van der Waals surface area (Å²) in [5, 5.41) is 6.43. The average molecular weight is 393 g/mol. The maximum Gasteiger partial charge on any atom is 0.191 e. The van der Waals surface area contributed by atoms with Crippen molar-refractivity contribution in [3.05, 3.63) is 29.8 Å². The van der Waals surface area contributed by atoms with Crippen molar-refractivity contribution in [1.82, 2.24) is 10.6 Å². The predicted octanol–water partition coefficient (Wildman–Crippen LogP) is 2.01. The minimum Gasteiger partial charge on any atom is -0.496 e. The highest BCUT2D eigenvalue weighted by atomic mass is 127. The Hall–Kier alpha value is -1.02. The quantitative estimate of drug-likeness (QED) is 0.322. The highest BCUT2D eigenvalue weighted by Gasteiger charge is 2.02. The van der Waals surface area contributed by atoms with E-state index in [0.29, 0.717) is 13.2 Å². The van der Waals surface area contributed by atoms with Crippen molar-refractivity contribution in [2.45, 2.75) is 13.5 Å². The number of methoxy groups -OCH3 is 1. The molecular weight excluding hydrogens is 369 g/mol. The van der Waals surface area contributed by atoms with E-state index in [2.05, 4.69) is 15.6 Å². The molecule has 5 nitrogen and oxygen atoms in total. The molecule has 0 aliphatic rings. The minimum absolute atomic E-state index is 0. The fourth-order valence-electron chi connectivity index (χ4n) is 1.63. The molecule has 0 saturated heterocycles. The van der Waals surface area contributed by atoms with Crippen LogP contribution in [0.1, 0.15) is 12.5 Å². The number of rotatable bonds is 7. The lowest BCUT2D eigenvalue weighted by Gasteiger charge is -2.13. The van der Waals surface area contributed by atoms with E-state index in [1.807, 2.05) is 31.2 Å². The molecule has 2 N–H and O–H groups in total. The first-order valence-corrected chi connectivity index (χ1v) is 6.46. The van der Waals surface area contributed by atoms with Crippen molar-refractivity contribution in [3.63, 3.8) is 0 Å². The highest BCUT2D eigenvalue weighted by Crippen LogP contribution is 2.16. The first kappa shape index (κ1) is 19.0. The van der Waals surface area contributed by atoms with Gasteiger partial charge in [0.25, 0.3) is 0 Å².